The lowest BCUT2D eigenvalue weighted by Gasteiger charge is -2.06. The van der Waals surface area contributed by atoms with Gasteiger partial charge in [-0.2, -0.15) is 0 Å². The fraction of sp³-hybridized carbons (Fsp3) is 0.538. The van der Waals surface area contributed by atoms with Crippen LogP contribution in [-0.2, 0) is 0 Å². The highest BCUT2D eigenvalue weighted by atomic mass is 14.8. The molecule has 0 bridgehead atoms. The lowest BCUT2D eigenvalue weighted by Crippen LogP contribution is -2.16. The normalized spacial score (nSPS) is 22.0. The molecule has 0 heterocycles. The molecule has 1 rings (SSSR count). The predicted molar refractivity (Wildman–Crippen MR) is 123 cm³/mol. The Labute approximate surface area is 168 Å². The Morgan fingerprint density at radius 3 is 1.70 bits per heavy atom. The third-order valence-electron chi connectivity index (χ3n) is 4.81. The lowest BCUT2D eigenvalue weighted by atomic mass is 10.1. The van der Waals surface area contributed by atoms with Crippen molar-refractivity contribution in [2.24, 2.45) is 0 Å². The van der Waals surface area contributed by atoms with Crippen molar-refractivity contribution >= 4 is 0 Å². The lowest BCUT2D eigenvalue weighted by molar-refractivity contribution is 0.544. The number of unbranched alkanes of at least 4 members (excludes halogenated alkanes) is 9. The maximum Gasteiger partial charge on any atom is -0.000835 e. The predicted octanol–water partition coefficient (Wildman–Crippen LogP) is 7.61. The van der Waals surface area contributed by atoms with Crippen molar-refractivity contribution in [2.45, 2.75) is 77.6 Å². The van der Waals surface area contributed by atoms with Crippen molar-refractivity contribution < 1.29 is 0 Å². The van der Waals surface area contributed by atoms with Crippen molar-refractivity contribution in [3.8, 4) is 0 Å². The van der Waals surface area contributed by atoms with Gasteiger partial charge in [0.05, 0.1) is 0 Å². The van der Waals surface area contributed by atoms with Crippen LogP contribution in [0.1, 0.15) is 77.6 Å². The number of hydrogen-bond acceptors (Lipinski definition) is 1. The van der Waals surface area contributed by atoms with Crippen LogP contribution in [0.2, 0.25) is 0 Å². The molecule has 150 valence electrons. The molecule has 0 radical (unpaired) electrons. The number of allylic oxidation sites excluding steroid dienone is 11. The molecule has 0 amide bonds. The minimum Gasteiger partial charge on any atom is -0.316 e. The van der Waals surface area contributed by atoms with Crippen LogP contribution in [0.15, 0.2) is 72.4 Å². The van der Waals surface area contributed by atoms with Gasteiger partial charge in [0.15, 0.2) is 0 Å². The van der Waals surface area contributed by atoms with Crippen LogP contribution < -0.4 is 5.32 Å². The number of rotatable bonds is 14. The van der Waals surface area contributed by atoms with Gasteiger partial charge in [0, 0.05) is 0 Å². The average Bonchev–Trinajstić information content (AvgIpc) is 2.67. The Morgan fingerprint density at radius 2 is 1.07 bits per heavy atom. The maximum absolute atomic E-state index is 3.60. The molecule has 0 saturated carbocycles. The molecule has 0 aliphatic heterocycles. The molecular weight excluding hydrogens is 326 g/mol. The van der Waals surface area contributed by atoms with Crippen molar-refractivity contribution in [1.82, 2.24) is 5.32 Å². The summed E-state index contributed by atoms with van der Waals surface area (Å²) in [6, 6.07) is 0. The molecule has 0 fully saturated rings. The summed E-state index contributed by atoms with van der Waals surface area (Å²) in [5, 5.41) is 3.60. The Hall–Kier alpha value is -1.60. The Balaban J connectivity index is 2.03. The van der Waals surface area contributed by atoms with Gasteiger partial charge in [0.25, 0.3) is 0 Å². The fourth-order valence-electron chi connectivity index (χ4n) is 3.12. The molecule has 1 nitrogen and oxygen atoms in total. The highest BCUT2D eigenvalue weighted by Gasteiger charge is 1.94. The molecule has 1 heteroatoms. The minimum atomic E-state index is 1.06. The van der Waals surface area contributed by atoms with E-state index in [4.69, 9.17) is 0 Å². The highest BCUT2D eigenvalue weighted by molar-refractivity contribution is 5.29. The Bertz CT molecular complexity index is 502. The second-order valence-electron chi connectivity index (χ2n) is 7.32. The van der Waals surface area contributed by atoms with Crippen molar-refractivity contribution in [3.05, 3.63) is 72.4 Å². The van der Waals surface area contributed by atoms with Gasteiger partial charge in [-0.25, -0.2) is 0 Å². The third kappa shape index (κ3) is 16.3. The molecule has 1 N–H and O–H groups in total. The first-order valence-corrected chi connectivity index (χ1v) is 11.2. The average molecular weight is 368 g/mol. The third-order valence-corrected chi connectivity index (χ3v) is 4.81. The van der Waals surface area contributed by atoms with Gasteiger partial charge in [-0.05, 0) is 31.5 Å². The smallest absolute Gasteiger partial charge is 0.000835 e. The summed E-state index contributed by atoms with van der Waals surface area (Å²) >= 11 is 0. The summed E-state index contributed by atoms with van der Waals surface area (Å²) in [6.45, 7) is 4.49. The van der Waals surface area contributed by atoms with Gasteiger partial charge in [-0.3, -0.25) is 0 Å². The summed E-state index contributed by atoms with van der Waals surface area (Å²) in [5.74, 6) is 0. The topological polar surface area (TPSA) is 12.0 Å². The van der Waals surface area contributed by atoms with Crippen molar-refractivity contribution in [1.29, 1.82) is 0 Å². The zero-order valence-corrected chi connectivity index (χ0v) is 17.5. The maximum atomic E-state index is 3.60. The summed E-state index contributed by atoms with van der Waals surface area (Å²) < 4.78 is 0. The van der Waals surface area contributed by atoms with E-state index in [1.165, 1.54) is 69.8 Å². The van der Waals surface area contributed by atoms with Gasteiger partial charge in [0.1, 0.15) is 0 Å². The molecule has 0 atom stereocenters. The van der Waals surface area contributed by atoms with Crippen LogP contribution in [0.3, 0.4) is 0 Å². The molecule has 1 aliphatic carbocycles. The molecule has 0 aromatic heterocycles. The van der Waals surface area contributed by atoms with Gasteiger partial charge in [-0.15, -0.1) is 0 Å². The number of nitrogens with one attached hydrogen (secondary N) is 1. The molecule has 1 aliphatic rings. The SMILES string of the molecule is CCCCCCCCCCCCNCCC1=C/C=C\C=C/C=C\C=C/C=C\1. The van der Waals surface area contributed by atoms with Crippen LogP contribution in [0.25, 0.3) is 0 Å². The van der Waals surface area contributed by atoms with Gasteiger partial charge in [0.2, 0.25) is 0 Å². The summed E-state index contributed by atoms with van der Waals surface area (Å²) in [4.78, 5) is 0. The minimum absolute atomic E-state index is 1.06. The second kappa shape index (κ2) is 19.2. The molecule has 27 heavy (non-hydrogen) atoms. The molecular formula is C26H41N. The van der Waals surface area contributed by atoms with E-state index >= 15 is 0 Å². The summed E-state index contributed by atoms with van der Waals surface area (Å²) in [6.07, 6.45) is 38.2. The monoisotopic (exact) mass is 367 g/mol. The van der Waals surface area contributed by atoms with Gasteiger partial charge < -0.3 is 5.32 Å². The fourth-order valence-corrected chi connectivity index (χ4v) is 3.12. The Morgan fingerprint density at radius 1 is 0.556 bits per heavy atom. The highest BCUT2D eigenvalue weighted by Crippen LogP contribution is 2.10. The summed E-state index contributed by atoms with van der Waals surface area (Å²) in [7, 11) is 0. The second-order valence-corrected chi connectivity index (χ2v) is 7.32. The van der Waals surface area contributed by atoms with Crippen LogP contribution >= 0.6 is 0 Å². The van der Waals surface area contributed by atoms with Gasteiger partial charge in [-0.1, -0.05) is 132 Å². The van der Waals surface area contributed by atoms with Crippen LogP contribution in [-0.4, -0.2) is 13.1 Å². The van der Waals surface area contributed by atoms with Crippen LogP contribution in [0, 0.1) is 0 Å². The number of hydrogen-bond donors (Lipinski definition) is 1. The zero-order valence-electron chi connectivity index (χ0n) is 17.5. The quantitative estimate of drug-likeness (QED) is 0.311. The van der Waals surface area contributed by atoms with E-state index in [9.17, 15) is 0 Å². The van der Waals surface area contributed by atoms with Gasteiger partial charge >= 0.3 is 0 Å². The van der Waals surface area contributed by atoms with Crippen molar-refractivity contribution in [2.75, 3.05) is 13.1 Å². The molecule has 0 aromatic carbocycles. The standard InChI is InChI=1S/C26H41N/c1-2-3-4-5-6-7-11-14-17-20-24-27-25-23-26-21-18-15-12-9-8-10-13-16-19-22-26/h8-10,12-13,15-16,18-19,21-22,27H,2-7,11,14,17,20,23-25H2,1H3/b9-8-,10-8?,12-9?,13-10-,15-12-,16-13?,18-15?,19-16-,21-18-,22-19?,26-21?,26-22+. The molecule has 0 aromatic rings. The molecule has 0 unspecified atom stereocenters. The first-order valence-electron chi connectivity index (χ1n) is 11.2. The van der Waals surface area contributed by atoms with E-state index in [0.29, 0.717) is 0 Å². The van der Waals surface area contributed by atoms with E-state index in [2.05, 4.69) is 60.8 Å². The van der Waals surface area contributed by atoms with E-state index in [1.54, 1.807) is 0 Å². The van der Waals surface area contributed by atoms with E-state index < -0.39 is 0 Å². The first kappa shape index (κ1) is 23.4. The van der Waals surface area contributed by atoms with Crippen molar-refractivity contribution in [3.63, 3.8) is 0 Å². The zero-order chi connectivity index (χ0) is 19.3. The molecule has 0 spiro atoms. The van der Waals surface area contributed by atoms with Crippen LogP contribution in [0.4, 0.5) is 0 Å². The first-order chi connectivity index (χ1) is 13.4. The summed E-state index contributed by atoms with van der Waals surface area (Å²) in [5.41, 5.74) is 1.37. The van der Waals surface area contributed by atoms with Crippen LogP contribution in [0.5, 0.6) is 0 Å². The Kier molecular flexibility index (Phi) is 16.6. The van der Waals surface area contributed by atoms with E-state index in [-0.39, 0.29) is 0 Å². The van der Waals surface area contributed by atoms with E-state index in [1.807, 2.05) is 18.2 Å². The largest absolute Gasteiger partial charge is 0.316 e. The van der Waals surface area contributed by atoms with E-state index in [0.717, 1.165) is 19.5 Å². The molecule has 0 saturated heterocycles.